The lowest BCUT2D eigenvalue weighted by atomic mass is 9.88. The van der Waals surface area contributed by atoms with Crippen LogP contribution in [0.5, 0.6) is 0 Å². The summed E-state index contributed by atoms with van der Waals surface area (Å²) < 4.78 is 0. The van der Waals surface area contributed by atoms with Crippen molar-refractivity contribution in [3.8, 4) is 0 Å². The molecule has 0 bridgehead atoms. The van der Waals surface area contributed by atoms with Crippen molar-refractivity contribution in [1.82, 2.24) is 9.80 Å². The van der Waals surface area contributed by atoms with E-state index in [1.807, 2.05) is 20.8 Å². The van der Waals surface area contributed by atoms with Gasteiger partial charge < -0.3 is 4.90 Å². The maximum absolute atomic E-state index is 12.2. The van der Waals surface area contributed by atoms with E-state index in [9.17, 15) is 4.79 Å². The van der Waals surface area contributed by atoms with Crippen LogP contribution in [0.1, 0.15) is 38.8 Å². The van der Waals surface area contributed by atoms with Gasteiger partial charge in [0.1, 0.15) is 5.78 Å². The molecule has 0 aromatic heterocycles. The molecule has 1 aromatic rings. The molecule has 0 aliphatic carbocycles. The minimum absolute atomic E-state index is 0.227. The topological polar surface area (TPSA) is 23.6 Å². The highest BCUT2D eigenvalue weighted by atomic mass is 16.1. The molecule has 1 unspecified atom stereocenters. The highest BCUT2D eigenvalue weighted by Gasteiger charge is 2.28. The highest BCUT2D eigenvalue weighted by Crippen LogP contribution is 2.26. The van der Waals surface area contributed by atoms with Crippen molar-refractivity contribution >= 4 is 5.78 Å². The fourth-order valence-electron chi connectivity index (χ4n) is 2.84. The first-order chi connectivity index (χ1) is 9.88. The maximum Gasteiger partial charge on any atom is 0.139 e. The fourth-order valence-corrected chi connectivity index (χ4v) is 2.84. The van der Waals surface area contributed by atoms with Crippen molar-refractivity contribution in [2.45, 2.75) is 33.2 Å². The van der Waals surface area contributed by atoms with E-state index >= 15 is 0 Å². The molecule has 3 heteroatoms. The number of rotatable bonds is 4. The number of piperazine rings is 1. The van der Waals surface area contributed by atoms with Crippen LogP contribution in [0.2, 0.25) is 0 Å². The number of carbonyl (C=O) groups excluding carboxylic acids is 1. The van der Waals surface area contributed by atoms with Gasteiger partial charge in [-0.15, -0.1) is 0 Å². The van der Waals surface area contributed by atoms with Crippen LogP contribution in [0.15, 0.2) is 30.3 Å². The molecule has 1 aliphatic heterocycles. The predicted octanol–water partition coefficient (Wildman–Crippen LogP) is 2.98. The lowest BCUT2D eigenvalue weighted by Gasteiger charge is -2.40. The van der Waals surface area contributed by atoms with Gasteiger partial charge in [-0.3, -0.25) is 9.69 Å². The Kier molecular flexibility index (Phi) is 5.17. The molecule has 0 N–H and O–H groups in total. The van der Waals surface area contributed by atoms with Gasteiger partial charge in [0.05, 0.1) is 0 Å². The average molecular weight is 288 g/mol. The zero-order valence-corrected chi connectivity index (χ0v) is 13.8. The Morgan fingerprint density at radius 2 is 1.86 bits per heavy atom. The molecule has 0 saturated carbocycles. The molecule has 1 heterocycles. The summed E-state index contributed by atoms with van der Waals surface area (Å²) in [5.41, 5.74) is 1.13. The minimum atomic E-state index is -0.227. The number of nitrogens with zero attached hydrogens (tertiary/aromatic N) is 2. The van der Waals surface area contributed by atoms with E-state index in [0.717, 1.165) is 26.2 Å². The quantitative estimate of drug-likeness (QED) is 0.851. The van der Waals surface area contributed by atoms with Gasteiger partial charge in [0.2, 0.25) is 0 Å². The molecule has 0 spiro atoms. The molecule has 2 rings (SSSR count). The third kappa shape index (κ3) is 4.39. The largest absolute Gasteiger partial charge is 0.303 e. The van der Waals surface area contributed by atoms with Crippen molar-refractivity contribution in [2.24, 2.45) is 5.41 Å². The predicted molar refractivity (Wildman–Crippen MR) is 87.3 cm³/mol. The standard InChI is InChI=1S/C18H28N2O/c1-18(2,3)17(21)10-11-20-13-12-19(4)14-16(20)15-8-6-5-7-9-15/h5-9,16H,10-14H2,1-4H3. The Hall–Kier alpha value is -1.19. The Labute approximate surface area is 128 Å². The summed E-state index contributed by atoms with van der Waals surface area (Å²) >= 11 is 0. The number of benzene rings is 1. The van der Waals surface area contributed by atoms with Gasteiger partial charge in [0.25, 0.3) is 0 Å². The van der Waals surface area contributed by atoms with Crippen molar-refractivity contribution < 1.29 is 4.79 Å². The molecule has 1 fully saturated rings. The molecule has 1 atom stereocenters. The first-order valence-electron chi connectivity index (χ1n) is 7.89. The summed E-state index contributed by atoms with van der Waals surface area (Å²) in [6, 6.07) is 11.1. The van der Waals surface area contributed by atoms with E-state index in [1.54, 1.807) is 0 Å². The number of hydrogen-bond donors (Lipinski definition) is 0. The Balaban J connectivity index is 2.04. The molecule has 0 radical (unpaired) electrons. The number of carbonyl (C=O) groups is 1. The van der Waals surface area contributed by atoms with Gasteiger partial charge in [-0.25, -0.2) is 0 Å². The van der Waals surface area contributed by atoms with Gasteiger partial charge >= 0.3 is 0 Å². The van der Waals surface area contributed by atoms with E-state index < -0.39 is 0 Å². The van der Waals surface area contributed by atoms with Gasteiger partial charge in [0, 0.05) is 44.1 Å². The number of hydrogen-bond acceptors (Lipinski definition) is 3. The second-order valence-corrected chi connectivity index (χ2v) is 7.15. The first kappa shape index (κ1) is 16.2. The van der Waals surface area contributed by atoms with Crippen LogP contribution in [0.4, 0.5) is 0 Å². The number of Topliss-reactive ketones (excluding diaryl/α,β-unsaturated/α-hetero) is 1. The van der Waals surface area contributed by atoms with Crippen LogP contribution in [0.25, 0.3) is 0 Å². The lowest BCUT2D eigenvalue weighted by Crippen LogP contribution is -2.47. The van der Waals surface area contributed by atoms with Crippen molar-refractivity contribution in [3.05, 3.63) is 35.9 Å². The maximum atomic E-state index is 12.2. The summed E-state index contributed by atoms with van der Waals surface area (Å²) in [5.74, 6) is 0.355. The third-order valence-corrected chi connectivity index (χ3v) is 4.34. The zero-order chi connectivity index (χ0) is 15.5. The van der Waals surface area contributed by atoms with Gasteiger partial charge in [-0.2, -0.15) is 0 Å². The van der Waals surface area contributed by atoms with Crippen molar-refractivity contribution in [1.29, 1.82) is 0 Å². The van der Waals surface area contributed by atoms with E-state index in [0.29, 0.717) is 18.2 Å². The summed E-state index contributed by atoms with van der Waals surface area (Å²) in [4.78, 5) is 17.0. The SMILES string of the molecule is CN1CCN(CCC(=O)C(C)(C)C)C(c2ccccc2)C1. The highest BCUT2D eigenvalue weighted by molar-refractivity contribution is 5.83. The molecule has 3 nitrogen and oxygen atoms in total. The fraction of sp³-hybridized carbons (Fsp3) is 0.611. The normalized spacial score (nSPS) is 21.4. The van der Waals surface area contributed by atoms with Crippen LogP contribution in [0.3, 0.4) is 0 Å². The van der Waals surface area contributed by atoms with Crippen LogP contribution >= 0.6 is 0 Å². The first-order valence-corrected chi connectivity index (χ1v) is 7.89. The molecular formula is C18H28N2O. The lowest BCUT2D eigenvalue weighted by molar-refractivity contribution is -0.126. The Bertz CT molecular complexity index is 464. The second kappa shape index (κ2) is 6.71. The van der Waals surface area contributed by atoms with Crippen LogP contribution in [-0.2, 0) is 4.79 Å². The summed E-state index contributed by atoms with van der Waals surface area (Å²) in [7, 11) is 2.17. The third-order valence-electron chi connectivity index (χ3n) is 4.34. The van der Waals surface area contributed by atoms with E-state index in [-0.39, 0.29) is 5.41 Å². The molecule has 1 aromatic carbocycles. The smallest absolute Gasteiger partial charge is 0.139 e. The Morgan fingerprint density at radius 1 is 1.19 bits per heavy atom. The molecule has 116 valence electrons. The zero-order valence-electron chi connectivity index (χ0n) is 13.8. The van der Waals surface area contributed by atoms with Gasteiger partial charge in [-0.1, -0.05) is 51.1 Å². The van der Waals surface area contributed by atoms with Gasteiger partial charge in [-0.05, 0) is 12.6 Å². The average Bonchev–Trinajstić information content (AvgIpc) is 2.45. The number of ketones is 1. The Morgan fingerprint density at radius 3 is 2.48 bits per heavy atom. The molecular weight excluding hydrogens is 260 g/mol. The molecule has 1 aliphatic rings. The summed E-state index contributed by atoms with van der Waals surface area (Å²) in [6.07, 6.45) is 0.649. The molecule has 0 amide bonds. The monoisotopic (exact) mass is 288 g/mol. The van der Waals surface area contributed by atoms with E-state index in [2.05, 4.69) is 47.2 Å². The van der Waals surface area contributed by atoms with Gasteiger partial charge in [0.15, 0.2) is 0 Å². The van der Waals surface area contributed by atoms with Crippen molar-refractivity contribution in [2.75, 3.05) is 33.2 Å². The van der Waals surface area contributed by atoms with E-state index in [4.69, 9.17) is 0 Å². The van der Waals surface area contributed by atoms with Crippen LogP contribution < -0.4 is 0 Å². The van der Waals surface area contributed by atoms with Crippen LogP contribution in [0, 0.1) is 5.41 Å². The van der Waals surface area contributed by atoms with Crippen LogP contribution in [-0.4, -0.2) is 48.8 Å². The summed E-state index contributed by atoms with van der Waals surface area (Å²) in [5, 5.41) is 0. The minimum Gasteiger partial charge on any atom is -0.303 e. The van der Waals surface area contributed by atoms with E-state index in [1.165, 1.54) is 5.56 Å². The molecule has 21 heavy (non-hydrogen) atoms. The molecule has 1 saturated heterocycles. The summed E-state index contributed by atoms with van der Waals surface area (Å²) in [6.45, 7) is 10.0. The number of likely N-dealkylation sites (N-methyl/N-ethyl adjacent to an activating group) is 1. The second-order valence-electron chi connectivity index (χ2n) is 7.15. The van der Waals surface area contributed by atoms with Crippen molar-refractivity contribution in [3.63, 3.8) is 0 Å².